The van der Waals surface area contributed by atoms with Crippen molar-refractivity contribution in [3.8, 4) is 16.9 Å². The molecule has 1 aromatic carbocycles. The smallest absolute Gasteiger partial charge is 0.173 e. The van der Waals surface area contributed by atoms with Gasteiger partial charge in [0.25, 0.3) is 0 Å². The molecule has 1 aromatic heterocycles. The Morgan fingerprint density at radius 1 is 1.17 bits per heavy atom. The quantitative estimate of drug-likeness (QED) is 0.782. The third-order valence-electron chi connectivity index (χ3n) is 3.62. The monoisotopic (exact) mass is 353 g/mol. The van der Waals surface area contributed by atoms with Crippen molar-refractivity contribution in [2.45, 2.75) is 23.7 Å². The zero-order valence-corrected chi connectivity index (χ0v) is 13.6. The fraction of sp³-hybridized carbons (Fsp3) is 0.312. The third-order valence-corrected chi connectivity index (χ3v) is 5.18. The predicted molar refractivity (Wildman–Crippen MR) is 89.6 cm³/mol. The van der Waals surface area contributed by atoms with Crippen LogP contribution in [0, 0.1) is 0 Å². The molecule has 0 radical (unpaired) electrons. The first kappa shape index (κ1) is 16.5. The number of nitrogens with zero attached hydrogens (tertiary/aromatic N) is 1. The van der Waals surface area contributed by atoms with Crippen LogP contribution < -0.4 is 4.74 Å². The number of ether oxygens (including phenoxy) is 1. The standard InChI is InChI=1S/C16H16ClNO4S/c17-12-4-3-10(6-11(12)9-2-1-5-18-7-9)22-16-15(21)14(20)13(19)8-23-16/h1-7,13-16,19-21H,8H2/t13-,14+,15-,16+/m1/s1. The van der Waals surface area contributed by atoms with Crippen LogP contribution in [-0.2, 0) is 0 Å². The van der Waals surface area contributed by atoms with E-state index in [-0.39, 0.29) is 0 Å². The maximum atomic E-state index is 10.0. The molecule has 5 nitrogen and oxygen atoms in total. The number of pyridine rings is 1. The molecular weight excluding hydrogens is 338 g/mol. The molecule has 0 amide bonds. The second kappa shape index (κ2) is 7.07. The van der Waals surface area contributed by atoms with Crippen LogP contribution >= 0.6 is 23.4 Å². The Balaban J connectivity index is 1.82. The number of aromatic nitrogens is 1. The Kier molecular flexibility index (Phi) is 5.08. The third kappa shape index (κ3) is 3.62. The molecule has 0 spiro atoms. The average Bonchev–Trinajstić information content (AvgIpc) is 2.58. The molecule has 1 aliphatic rings. The van der Waals surface area contributed by atoms with E-state index in [1.165, 1.54) is 11.8 Å². The molecule has 4 atom stereocenters. The number of rotatable bonds is 3. The molecule has 122 valence electrons. The van der Waals surface area contributed by atoms with Crippen LogP contribution in [0.1, 0.15) is 0 Å². The van der Waals surface area contributed by atoms with Gasteiger partial charge in [0.1, 0.15) is 18.0 Å². The van der Waals surface area contributed by atoms with Gasteiger partial charge < -0.3 is 20.1 Å². The summed E-state index contributed by atoms with van der Waals surface area (Å²) < 4.78 is 5.77. The topological polar surface area (TPSA) is 82.8 Å². The van der Waals surface area contributed by atoms with Crippen molar-refractivity contribution in [1.82, 2.24) is 4.98 Å². The van der Waals surface area contributed by atoms with E-state index in [9.17, 15) is 15.3 Å². The summed E-state index contributed by atoms with van der Waals surface area (Å²) in [6, 6.07) is 8.89. The van der Waals surface area contributed by atoms with Gasteiger partial charge in [-0.15, -0.1) is 11.8 Å². The summed E-state index contributed by atoms with van der Waals surface area (Å²) in [7, 11) is 0. The van der Waals surface area contributed by atoms with Crippen molar-refractivity contribution in [1.29, 1.82) is 0 Å². The highest BCUT2D eigenvalue weighted by atomic mass is 35.5. The van der Waals surface area contributed by atoms with Crippen molar-refractivity contribution in [3.05, 3.63) is 47.7 Å². The van der Waals surface area contributed by atoms with Crippen molar-refractivity contribution >= 4 is 23.4 Å². The minimum absolute atomic E-state index is 0.298. The molecule has 3 rings (SSSR count). The minimum Gasteiger partial charge on any atom is -0.477 e. The Morgan fingerprint density at radius 2 is 2.00 bits per heavy atom. The van der Waals surface area contributed by atoms with Crippen molar-refractivity contribution in [3.63, 3.8) is 0 Å². The first-order valence-corrected chi connectivity index (χ1v) is 8.51. The van der Waals surface area contributed by atoms with Gasteiger partial charge in [-0.25, -0.2) is 0 Å². The molecule has 23 heavy (non-hydrogen) atoms. The SMILES string of the molecule is O[C@@H]1[C@@H](O)[C@@H](Oc2ccc(Cl)c(-c3cccnc3)c2)SC[C@H]1O. The largest absolute Gasteiger partial charge is 0.477 e. The van der Waals surface area contributed by atoms with Gasteiger partial charge >= 0.3 is 0 Å². The van der Waals surface area contributed by atoms with Crippen molar-refractivity contribution < 1.29 is 20.1 Å². The lowest BCUT2D eigenvalue weighted by atomic mass is 10.1. The molecule has 2 heterocycles. The van der Waals surface area contributed by atoms with E-state index in [1.807, 2.05) is 12.1 Å². The maximum Gasteiger partial charge on any atom is 0.173 e. The predicted octanol–water partition coefficient (Wildman–Crippen LogP) is 1.94. The molecule has 0 bridgehead atoms. The molecule has 3 N–H and O–H groups in total. The molecule has 2 aromatic rings. The lowest BCUT2D eigenvalue weighted by Gasteiger charge is -2.34. The van der Waals surface area contributed by atoms with Gasteiger partial charge in [-0.05, 0) is 24.3 Å². The van der Waals surface area contributed by atoms with Gasteiger partial charge in [0.15, 0.2) is 5.44 Å². The number of halogens is 1. The summed E-state index contributed by atoms with van der Waals surface area (Å²) in [4.78, 5) is 4.07. The lowest BCUT2D eigenvalue weighted by molar-refractivity contribution is -0.0786. The molecule has 1 fully saturated rings. The molecule has 0 unspecified atom stereocenters. The summed E-state index contributed by atoms with van der Waals surface area (Å²) >= 11 is 7.49. The molecule has 0 aliphatic carbocycles. The number of benzene rings is 1. The summed E-state index contributed by atoms with van der Waals surface area (Å²) in [6.45, 7) is 0. The highest BCUT2D eigenvalue weighted by Crippen LogP contribution is 2.34. The first-order valence-electron chi connectivity index (χ1n) is 7.08. The summed E-state index contributed by atoms with van der Waals surface area (Å²) in [5.41, 5.74) is 0.972. The van der Waals surface area contributed by atoms with E-state index in [2.05, 4.69) is 4.98 Å². The first-order chi connectivity index (χ1) is 11.1. The fourth-order valence-corrected chi connectivity index (χ4v) is 3.69. The van der Waals surface area contributed by atoms with E-state index in [1.54, 1.807) is 30.6 Å². The van der Waals surface area contributed by atoms with Crippen LogP contribution in [0.5, 0.6) is 5.75 Å². The summed E-state index contributed by atoms with van der Waals surface area (Å²) in [5.74, 6) is 0.819. The van der Waals surface area contributed by atoms with Gasteiger partial charge in [-0.1, -0.05) is 17.7 Å². The van der Waals surface area contributed by atoms with Crippen LogP contribution in [0.3, 0.4) is 0 Å². The summed E-state index contributed by atoms with van der Waals surface area (Å²) in [6.07, 6.45) is 0.0491. The van der Waals surface area contributed by atoms with Crippen molar-refractivity contribution in [2.24, 2.45) is 0 Å². The molecule has 1 aliphatic heterocycles. The molecule has 7 heteroatoms. The number of hydrogen-bond donors (Lipinski definition) is 3. The van der Waals surface area contributed by atoms with E-state index >= 15 is 0 Å². The fourth-order valence-electron chi connectivity index (χ4n) is 2.34. The van der Waals surface area contributed by atoms with Crippen LogP contribution in [-0.4, -0.2) is 49.8 Å². The Hall–Kier alpha value is -1.31. The molecule has 0 saturated carbocycles. The highest BCUT2D eigenvalue weighted by Gasteiger charge is 2.38. The number of aliphatic hydroxyl groups is 3. The zero-order valence-electron chi connectivity index (χ0n) is 12.0. The van der Waals surface area contributed by atoms with E-state index < -0.39 is 23.7 Å². The lowest BCUT2D eigenvalue weighted by Crippen LogP contribution is -2.50. The Labute approximate surface area is 142 Å². The van der Waals surface area contributed by atoms with Gasteiger partial charge in [0, 0.05) is 34.3 Å². The van der Waals surface area contributed by atoms with Gasteiger partial charge in [0.05, 0.1) is 6.10 Å². The second-order valence-corrected chi connectivity index (χ2v) is 6.79. The van der Waals surface area contributed by atoms with Gasteiger partial charge in [-0.2, -0.15) is 0 Å². The number of hydrogen-bond acceptors (Lipinski definition) is 6. The Morgan fingerprint density at radius 3 is 2.74 bits per heavy atom. The van der Waals surface area contributed by atoms with Crippen molar-refractivity contribution in [2.75, 3.05) is 5.75 Å². The van der Waals surface area contributed by atoms with Gasteiger partial charge in [0.2, 0.25) is 0 Å². The van der Waals surface area contributed by atoms with Gasteiger partial charge in [-0.3, -0.25) is 4.98 Å². The second-order valence-electron chi connectivity index (χ2n) is 5.25. The molecular formula is C16H16ClNO4S. The highest BCUT2D eigenvalue weighted by molar-refractivity contribution is 7.99. The minimum atomic E-state index is -1.22. The van der Waals surface area contributed by atoms with Crippen LogP contribution in [0.15, 0.2) is 42.7 Å². The van der Waals surface area contributed by atoms with E-state index in [0.717, 1.165) is 11.1 Å². The van der Waals surface area contributed by atoms with Crippen LogP contribution in [0.25, 0.3) is 11.1 Å². The van der Waals surface area contributed by atoms with E-state index in [4.69, 9.17) is 16.3 Å². The molecule has 1 saturated heterocycles. The normalized spacial score (nSPS) is 27.7. The van der Waals surface area contributed by atoms with Crippen LogP contribution in [0.4, 0.5) is 0 Å². The average molecular weight is 354 g/mol. The zero-order chi connectivity index (χ0) is 16.4. The van der Waals surface area contributed by atoms with Crippen LogP contribution in [0.2, 0.25) is 5.02 Å². The van der Waals surface area contributed by atoms with E-state index in [0.29, 0.717) is 16.5 Å². The Bertz CT molecular complexity index is 672. The number of aliphatic hydroxyl groups excluding tert-OH is 3. The summed E-state index contributed by atoms with van der Waals surface area (Å²) in [5, 5.41) is 29.9. The maximum absolute atomic E-state index is 10.0. The number of thioether (sulfide) groups is 1.